The number of hydrogen-bond donors (Lipinski definition) is 2. The summed E-state index contributed by atoms with van der Waals surface area (Å²) < 4.78 is 1.69. The highest BCUT2D eigenvalue weighted by molar-refractivity contribution is 6.30. The monoisotopic (exact) mass is 481 g/mol. The molecule has 0 bridgehead atoms. The van der Waals surface area contributed by atoms with E-state index in [1.54, 1.807) is 16.8 Å². The zero-order chi connectivity index (χ0) is 24.9. The van der Waals surface area contributed by atoms with Gasteiger partial charge in [0.1, 0.15) is 12.4 Å². The van der Waals surface area contributed by atoms with E-state index in [0.29, 0.717) is 23.1 Å². The first-order chi connectivity index (χ1) is 16.1. The second kappa shape index (κ2) is 10.7. The van der Waals surface area contributed by atoms with E-state index in [-0.39, 0.29) is 23.9 Å². The first-order valence-electron chi connectivity index (χ1n) is 11.4. The van der Waals surface area contributed by atoms with E-state index in [4.69, 9.17) is 16.7 Å². The summed E-state index contributed by atoms with van der Waals surface area (Å²) in [5.74, 6) is 0.233. The fraction of sp³-hybridized carbons (Fsp3) is 0.346. The summed E-state index contributed by atoms with van der Waals surface area (Å²) in [7, 11) is 0. The zero-order valence-corrected chi connectivity index (χ0v) is 21.1. The Bertz CT molecular complexity index is 1150. The highest BCUT2D eigenvalue weighted by atomic mass is 35.5. The van der Waals surface area contributed by atoms with Crippen LogP contribution in [0.1, 0.15) is 45.4 Å². The Morgan fingerprint density at radius 2 is 1.76 bits per heavy atom. The minimum atomic E-state index is -0.316. The largest absolute Gasteiger partial charge is 0.322 e. The molecule has 0 atom stereocenters. The van der Waals surface area contributed by atoms with Gasteiger partial charge in [0.2, 0.25) is 5.91 Å². The molecule has 0 aliphatic carbocycles. The summed E-state index contributed by atoms with van der Waals surface area (Å²) in [6.07, 6.45) is 0.728. The molecule has 0 unspecified atom stereocenters. The SMILES string of the molecule is CCCN(CC(=O)Nc1cc(C(C)(C)C)nn1-c1ccc(Cl)cc1)C(=O)Nc1cccc(C)c1. The van der Waals surface area contributed by atoms with Crippen molar-refractivity contribution in [2.24, 2.45) is 0 Å². The third-order valence-electron chi connectivity index (χ3n) is 5.20. The van der Waals surface area contributed by atoms with Gasteiger partial charge in [0.25, 0.3) is 0 Å². The summed E-state index contributed by atoms with van der Waals surface area (Å²) in [6.45, 7) is 10.5. The zero-order valence-electron chi connectivity index (χ0n) is 20.4. The Labute approximate surface area is 206 Å². The predicted molar refractivity (Wildman–Crippen MR) is 138 cm³/mol. The van der Waals surface area contributed by atoms with Crippen LogP contribution in [0.2, 0.25) is 5.02 Å². The third kappa shape index (κ3) is 6.60. The second-order valence-corrected chi connectivity index (χ2v) is 9.76. The van der Waals surface area contributed by atoms with Crippen LogP contribution >= 0.6 is 11.6 Å². The van der Waals surface area contributed by atoms with Gasteiger partial charge >= 0.3 is 6.03 Å². The van der Waals surface area contributed by atoms with E-state index in [1.807, 2.05) is 56.3 Å². The van der Waals surface area contributed by atoms with E-state index < -0.39 is 0 Å². The van der Waals surface area contributed by atoms with Crippen LogP contribution in [0.3, 0.4) is 0 Å². The summed E-state index contributed by atoms with van der Waals surface area (Å²) >= 11 is 6.04. The Morgan fingerprint density at radius 1 is 1.06 bits per heavy atom. The van der Waals surface area contributed by atoms with Gasteiger partial charge in [-0.05, 0) is 55.3 Å². The Morgan fingerprint density at radius 3 is 2.38 bits per heavy atom. The average molecular weight is 482 g/mol. The first-order valence-corrected chi connectivity index (χ1v) is 11.7. The number of anilines is 2. The number of aryl methyl sites for hydroxylation is 1. The number of urea groups is 1. The van der Waals surface area contributed by atoms with E-state index in [9.17, 15) is 9.59 Å². The Balaban J connectivity index is 1.79. The van der Waals surface area contributed by atoms with Crippen molar-refractivity contribution in [3.8, 4) is 5.69 Å². The minimum Gasteiger partial charge on any atom is -0.315 e. The molecule has 1 heterocycles. The lowest BCUT2D eigenvalue weighted by atomic mass is 9.92. The quantitative estimate of drug-likeness (QED) is 0.433. The standard InChI is InChI=1S/C26H32ClN5O2/c1-6-14-31(25(34)28-20-9-7-8-18(2)15-20)17-24(33)29-23-16-22(26(3,4)5)30-32(23)21-12-10-19(27)11-13-21/h7-13,15-16H,6,14,17H2,1-5H3,(H,28,34)(H,29,33). The van der Waals surface area contributed by atoms with Gasteiger partial charge in [-0.1, -0.05) is 51.4 Å². The molecule has 180 valence electrons. The number of amides is 3. The number of halogens is 1. The predicted octanol–water partition coefficient (Wildman–Crippen LogP) is 6.01. The van der Waals surface area contributed by atoms with Gasteiger partial charge in [0.05, 0.1) is 11.4 Å². The van der Waals surface area contributed by atoms with Crippen LogP contribution < -0.4 is 10.6 Å². The molecule has 0 aliphatic rings. The average Bonchev–Trinajstić information content (AvgIpc) is 3.18. The molecule has 3 amide bonds. The summed E-state index contributed by atoms with van der Waals surface area (Å²) in [6, 6.07) is 16.3. The van der Waals surface area contributed by atoms with Crippen molar-refractivity contribution in [3.05, 3.63) is 70.9 Å². The van der Waals surface area contributed by atoms with Crippen LogP contribution in [-0.2, 0) is 10.2 Å². The molecule has 34 heavy (non-hydrogen) atoms. The second-order valence-electron chi connectivity index (χ2n) is 9.32. The molecule has 7 nitrogen and oxygen atoms in total. The molecule has 2 aromatic carbocycles. The van der Waals surface area contributed by atoms with Crippen molar-refractivity contribution in [1.82, 2.24) is 14.7 Å². The van der Waals surface area contributed by atoms with Crippen LogP contribution in [0.25, 0.3) is 5.69 Å². The molecule has 0 fully saturated rings. The molecule has 8 heteroatoms. The number of rotatable bonds is 7. The lowest BCUT2D eigenvalue weighted by Crippen LogP contribution is -2.41. The van der Waals surface area contributed by atoms with Crippen molar-refractivity contribution >= 4 is 35.0 Å². The maximum Gasteiger partial charge on any atom is 0.322 e. The maximum atomic E-state index is 13.0. The van der Waals surface area contributed by atoms with Crippen molar-refractivity contribution in [2.45, 2.75) is 46.5 Å². The van der Waals surface area contributed by atoms with Gasteiger partial charge in [0.15, 0.2) is 0 Å². The van der Waals surface area contributed by atoms with Gasteiger partial charge in [-0.3, -0.25) is 4.79 Å². The van der Waals surface area contributed by atoms with Gasteiger partial charge in [-0.25, -0.2) is 9.48 Å². The normalized spacial score (nSPS) is 11.2. The van der Waals surface area contributed by atoms with Crippen LogP contribution in [-0.4, -0.2) is 39.7 Å². The fourth-order valence-electron chi connectivity index (χ4n) is 3.42. The van der Waals surface area contributed by atoms with Crippen LogP contribution in [0.5, 0.6) is 0 Å². The lowest BCUT2D eigenvalue weighted by Gasteiger charge is -2.22. The molecule has 2 N–H and O–H groups in total. The third-order valence-corrected chi connectivity index (χ3v) is 5.45. The van der Waals surface area contributed by atoms with Crippen LogP contribution in [0, 0.1) is 6.92 Å². The van der Waals surface area contributed by atoms with Gasteiger partial charge in [0, 0.05) is 28.7 Å². The van der Waals surface area contributed by atoms with Gasteiger partial charge in [-0.2, -0.15) is 5.10 Å². The Kier molecular flexibility index (Phi) is 7.99. The van der Waals surface area contributed by atoms with Crippen LogP contribution in [0.15, 0.2) is 54.6 Å². The number of carbonyl (C=O) groups is 2. The summed E-state index contributed by atoms with van der Waals surface area (Å²) in [5.41, 5.74) is 3.14. The molecular weight excluding hydrogens is 450 g/mol. The minimum absolute atomic E-state index is 0.0812. The smallest absolute Gasteiger partial charge is 0.315 e. The number of aromatic nitrogens is 2. The maximum absolute atomic E-state index is 13.0. The molecule has 0 saturated carbocycles. The number of carbonyl (C=O) groups excluding carboxylic acids is 2. The molecule has 1 aromatic heterocycles. The molecule has 3 aromatic rings. The first kappa shape index (κ1) is 25.3. The van der Waals surface area contributed by atoms with Gasteiger partial charge in [-0.15, -0.1) is 0 Å². The van der Waals surface area contributed by atoms with Crippen molar-refractivity contribution in [3.63, 3.8) is 0 Å². The number of hydrogen-bond acceptors (Lipinski definition) is 3. The van der Waals surface area contributed by atoms with E-state index in [2.05, 4.69) is 31.4 Å². The van der Waals surface area contributed by atoms with E-state index >= 15 is 0 Å². The summed E-state index contributed by atoms with van der Waals surface area (Å²) in [5, 5.41) is 11.2. The fourth-order valence-corrected chi connectivity index (χ4v) is 3.55. The van der Waals surface area contributed by atoms with Crippen molar-refractivity contribution in [2.75, 3.05) is 23.7 Å². The molecule has 0 spiro atoms. The molecule has 0 saturated heterocycles. The number of benzene rings is 2. The van der Waals surface area contributed by atoms with E-state index in [1.165, 1.54) is 4.90 Å². The van der Waals surface area contributed by atoms with Gasteiger partial charge < -0.3 is 15.5 Å². The van der Waals surface area contributed by atoms with Crippen molar-refractivity contribution in [1.29, 1.82) is 0 Å². The van der Waals surface area contributed by atoms with Crippen molar-refractivity contribution < 1.29 is 9.59 Å². The highest BCUT2D eigenvalue weighted by Crippen LogP contribution is 2.27. The number of nitrogens with zero attached hydrogens (tertiary/aromatic N) is 3. The lowest BCUT2D eigenvalue weighted by molar-refractivity contribution is -0.116. The highest BCUT2D eigenvalue weighted by Gasteiger charge is 2.23. The molecular formula is C26H32ClN5O2. The molecule has 3 rings (SSSR count). The van der Waals surface area contributed by atoms with Crippen LogP contribution in [0.4, 0.5) is 16.3 Å². The summed E-state index contributed by atoms with van der Waals surface area (Å²) in [4.78, 5) is 27.4. The number of nitrogens with one attached hydrogen (secondary N) is 2. The topological polar surface area (TPSA) is 79.3 Å². The van der Waals surface area contributed by atoms with E-state index in [0.717, 1.165) is 23.4 Å². The Hall–Kier alpha value is -3.32. The molecule has 0 aliphatic heterocycles. The molecule has 0 radical (unpaired) electrons.